The van der Waals surface area contributed by atoms with Gasteiger partial charge in [-0.05, 0) is 6.92 Å². The van der Waals surface area contributed by atoms with Gasteiger partial charge in [-0.3, -0.25) is 0 Å². The number of carboxylic acids is 1. The molecule has 1 aliphatic heterocycles. The van der Waals surface area contributed by atoms with E-state index in [9.17, 15) is 18.0 Å². The van der Waals surface area contributed by atoms with Crippen LogP contribution in [0, 0.1) is 0 Å². The van der Waals surface area contributed by atoms with Crippen molar-refractivity contribution in [3.8, 4) is 0 Å². The number of carboxylic acid groups (broad SMARTS) is 1. The lowest BCUT2D eigenvalue weighted by atomic mass is 10.6. The molecule has 0 bridgehead atoms. The zero-order valence-corrected chi connectivity index (χ0v) is 7.87. The van der Waals surface area contributed by atoms with Gasteiger partial charge in [0.15, 0.2) is 0 Å². The highest BCUT2D eigenvalue weighted by Crippen LogP contribution is 2.13. The molecule has 1 N–H and O–H groups in total. The van der Waals surface area contributed by atoms with Crippen LogP contribution in [0.4, 0.5) is 18.0 Å². The molecule has 0 radical (unpaired) electrons. The predicted octanol–water partition coefficient (Wildman–Crippen LogP) is 1.09. The fourth-order valence-electron chi connectivity index (χ4n) is 0.713. The summed E-state index contributed by atoms with van der Waals surface area (Å²) in [5.41, 5.74) is 0. The molecular weight excluding hydrogens is 219 g/mol. The minimum Gasteiger partial charge on any atom is -0.475 e. The normalized spacial score (nSPS) is 15.5. The molecule has 0 aromatic heterocycles. The highest BCUT2D eigenvalue weighted by molar-refractivity contribution is 5.73. The molecule has 0 atom stereocenters. The Balaban J connectivity index is 0.000000265. The summed E-state index contributed by atoms with van der Waals surface area (Å²) in [4.78, 5) is 21.1. The van der Waals surface area contributed by atoms with Gasteiger partial charge in [0.1, 0.15) is 6.61 Å². The number of amides is 1. The summed E-state index contributed by atoms with van der Waals surface area (Å²) >= 11 is 0. The Morgan fingerprint density at radius 3 is 2.20 bits per heavy atom. The number of ether oxygens (including phenoxy) is 1. The van der Waals surface area contributed by atoms with Crippen LogP contribution in [-0.4, -0.2) is 47.9 Å². The summed E-state index contributed by atoms with van der Waals surface area (Å²) in [6.45, 7) is 4.02. The Kier molecular flexibility index (Phi) is 4.89. The summed E-state index contributed by atoms with van der Waals surface area (Å²) in [7, 11) is 0. The van der Waals surface area contributed by atoms with Gasteiger partial charge in [-0.2, -0.15) is 13.2 Å². The smallest absolute Gasteiger partial charge is 0.475 e. The van der Waals surface area contributed by atoms with Crippen molar-refractivity contribution in [1.82, 2.24) is 4.90 Å². The summed E-state index contributed by atoms with van der Waals surface area (Å²) in [6, 6.07) is 0. The van der Waals surface area contributed by atoms with Crippen molar-refractivity contribution in [3.05, 3.63) is 0 Å². The largest absolute Gasteiger partial charge is 0.490 e. The van der Waals surface area contributed by atoms with E-state index >= 15 is 0 Å². The third-order valence-corrected chi connectivity index (χ3v) is 1.47. The van der Waals surface area contributed by atoms with Crippen LogP contribution < -0.4 is 0 Å². The number of carbonyl (C=O) groups is 2. The molecule has 1 rings (SSSR count). The number of cyclic esters (lactones) is 1. The van der Waals surface area contributed by atoms with Gasteiger partial charge in [-0.25, -0.2) is 9.59 Å². The first-order valence-electron chi connectivity index (χ1n) is 4.00. The molecule has 15 heavy (non-hydrogen) atoms. The van der Waals surface area contributed by atoms with Crippen molar-refractivity contribution in [3.63, 3.8) is 0 Å². The summed E-state index contributed by atoms with van der Waals surface area (Å²) in [5.74, 6) is -2.76. The third kappa shape index (κ3) is 5.08. The van der Waals surface area contributed by atoms with Crippen molar-refractivity contribution >= 4 is 12.1 Å². The number of rotatable bonds is 1. The number of likely N-dealkylation sites (N-methyl/N-ethyl adjacent to an activating group) is 1. The van der Waals surface area contributed by atoms with E-state index in [1.54, 1.807) is 4.90 Å². The number of halogens is 3. The first kappa shape index (κ1) is 13.5. The number of nitrogens with zero attached hydrogens (tertiary/aromatic N) is 1. The SMILES string of the molecule is CCN1CCOC1=O.O=C(O)C(F)(F)F. The van der Waals surface area contributed by atoms with Crippen LogP contribution in [-0.2, 0) is 9.53 Å². The van der Waals surface area contributed by atoms with Gasteiger partial charge < -0.3 is 14.7 Å². The predicted molar refractivity (Wildman–Crippen MR) is 42.3 cm³/mol. The highest BCUT2D eigenvalue weighted by Gasteiger charge is 2.38. The highest BCUT2D eigenvalue weighted by atomic mass is 19.4. The van der Waals surface area contributed by atoms with E-state index in [1.165, 1.54) is 0 Å². The van der Waals surface area contributed by atoms with E-state index in [4.69, 9.17) is 9.90 Å². The van der Waals surface area contributed by atoms with Crippen LogP contribution in [0.1, 0.15) is 6.92 Å². The van der Waals surface area contributed by atoms with Gasteiger partial charge in [-0.1, -0.05) is 0 Å². The van der Waals surface area contributed by atoms with Gasteiger partial charge >= 0.3 is 18.2 Å². The van der Waals surface area contributed by atoms with E-state index in [1.807, 2.05) is 6.92 Å². The molecule has 0 aromatic carbocycles. The summed E-state index contributed by atoms with van der Waals surface area (Å²) in [6.07, 6.45) is -5.26. The molecule has 5 nitrogen and oxygen atoms in total. The van der Waals surface area contributed by atoms with Crippen molar-refractivity contribution in [2.75, 3.05) is 19.7 Å². The second-order valence-corrected chi connectivity index (χ2v) is 2.50. The van der Waals surface area contributed by atoms with Crippen LogP contribution in [0.5, 0.6) is 0 Å². The molecule has 1 saturated heterocycles. The fourth-order valence-corrected chi connectivity index (χ4v) is 0.713. The van der Waals surface area contributed by atoms with Crippen LogP contribution in [0.2, 0.25) is 0 Å². The lowest BCUT2D eigenvalue weighted by Crippen LogP contribution is -2.23. The Morgan fingerprint density at radius 1 is 1.60 bits per heavy atom. The second kappa shape index (κ2) is 5.42. The maximum absolute atomic E-state index is 10.6. The number of hydrogen-bond donors (Lipinski definition) is 1. The molecular formula is C7H10F3NO4. The molecule has 88 valence electrons. The Morgan fingerprint density at radius 2 is 2.07 bits per heavy atom. The molecule has 0 saturated carbocycles. The monoisotopic (exact) mass is 229 g/mol. The quantitative estimate of drug-likeness (QED) is 0.730. The van der Waals surface area contributed by atoms with Crippen LogP contribution in [0.25, 0.3) is 0 Å². The number of hydrogen-bond acceptors (Lipinski definition) is 3. The standard InChI is InChI=1S/C5H9NO2.C2HF3O2/c1-2-6-3-4-8-5(6)7;3-2(4,5)1(6)7/h2-4H2,1H3;(H,6,7). The molecule has 8 heteroatoms. The first-order valence-corrected chi connectivity index (χ1v) is 4.00. The maximum Gasteiger partial charge on any atom is 0.490 e. The molecule has 1 aliphatic rings. The number of aliphatic carboxylic acids is 1. The fraction of sp³-hybridized carbons (Fsp3) is 0.714. The minimum absolute atomic E-state index is 0.174. The van der Waals surface area contributed by atoms with Crippen molar-refractivity contribution < 1.29 is 32.6 Å². The Hall–Kier alpha value is -1.47. The summed E-state index contributed by atoms with van der Waals surface area (Å²) < 4.78 is 36.4. The van der Waals surface area contributed by atoms with Gasteiger partial charge in [0.25, 0.3) is 0 Å². The van der Waals surface area contributed by atoms with Gasteiger partial charge in [-0.15, -0.1) is 0 Å². The van der Waals surface area contributed by atoms with Gasteiger partial charge in [0, 0.05) is 6.54 Å². The van der Waals surface area contributed by atoms with Crippen molar-refractivity contribution in [2.24, 2.45) is 0 Å². The molecule has 1 amide bonds. The van der Waals surface area contributed by atoms with E-state index in [0.717, 1.165) is 13.1 Å². The van der Waals surface area contributed by atoms with E-state index < -0.39 is 12.1 Å². The topological polar surface area (TPSA) is 66.8 Å². The van der Waals surface area contributed by atoms with Crippen LogP contribution >= 0.6 is 0 Å². The van der Waals surface area contributed by atoms with E-state index in [-0.39, 0.29) is 6.09 Å². The zero-order valence-electron chi connectivity index (χ0n) is 7.87. The Labute approximate surface area is 83.4 Å². The first-order chi connectivity index (χ1) is 6.79. The molecule has 0 aromatic rings. The molecule has 0 spiro atoms. The van der Waals surface area contributed by atoms with E-state index in [0.29, 0.717) is 6.61 Å². The molecule has 0 aliphatic carbocycles. The molecule has 1 fully saturated rings. The van der Waals surface area contributed by atoms with Crippen LogP contribution in [0.15, 0.2) is 0 Å². The van der Waals surface area contributed by atoms with Crippen molar-refractivity contribution in [1.29, 1.82) is 0 Å². The van der Waals surface area contributed by atoms with Gasteiger partial charge in [0.2, 0.25) is 0 Å². The zero-order chi connectivity index (χ0) is 12.1. The lowest BCUT2D eigenvalue weighted by Gasteiger charge is -2.05. The minimum atomic E-state index is -5.08. The number of carbonyl (C=O) groups excluding carboxylic acids is 1. The average molecular weight is 229 g/mol. The maximum atomic E-state index is 10.6. The molecule has 1 heterocycles. The van der Waals surface area contributed by atoms with Gasteiger partial charge in [0.05, 0.1) is 6.54 Å². The Bertz CT molecular complexity index is 241. The van der Waals surface area contributed by atoms with Crippen LogP contribution in [0.3, 0.4) is 0 Å². The summed E-state index contributed by atoms with van der Waals surface area (Å²) in [5, 5.41) is 7.12. The van der Waals surface area contributed by atoms with E-state index in [2.05, 4.69) is 4.74 Å². The average Bonchev–Trinajstić information content (AvgIpc) is 2.50. The number of alkyl halides is 3. The lowest BCUT2D eigenvalue weighted by molar-refractivity contribution is -0.192. The molecule has 0 unspecified atom stereocenters. The van der Waals surface area contributed by atoms with Crippen molar-refractivity contribution in [2.45, 2.75) is 13.1 Å². The third-order valence-electron chi connectivity index (χ3n) is 1.47. The second-order valence-electron chi connectivity index (χ2n) is 2.50.